The minimum Gasteiger partial charge on any atom is -0.396 e. The highest BCUT2D eigenvalue weighted by Crippen LogP contribution is 2.27. The molecule has 1 unspecified atom stereocenters. The molecular formula is C10H22O2. The second kappa shape index (κ2) is 5.55. The van der Waals surface area contributed by atoms with Crippen molar-refractivity contribution < 1.29 is 9.84 Å². The van der Waals surface area contributed by atoms with Crippen LogP contribution in [-0.4, -0.2) is 24.9 Å². The lowest BCUT2D eigenvalue weighted by Gasteiger charge is -2.27. The minimum absolute atomic E-state index is 0.213. The van der Waals surface area contributed by atoms with Crippen LogP contribution in [0.2, 0.25) is 0 Å². The Balaban J connectivity index is 3.83. The van der Waals surface area contributed by atoms with Gasteiger partial charge in [-0.15, -0.1) is 0 Å². The number of hydrogen-bond acceptors (Lipinski definition) is 2. The summed E-state index contributed by atoms with van der Waals surface area (Å²) in [6.45, 7) is 6.87. The molecule has 1 atom stereocenters. The van der Waals surface area contributed by atoms with Crippen LogP contribution in [-0.2, 0) is 4.74 Å². The molecule has 74 valence electrons. The summed E-state index contributed by atoms with van der Waals surface area (Å²) in [6.07, 6.45) is 3.14. The molecule has 0 radical (unpaired) electrons. The molecule has 2 heteroatoms. The summed E-state index contributed by atoms with van der Waals surface area (Å²) in [5.41, 5.74) is 0.329. The van der Waals surface area contributed by atoms with Crippen LogP contribution >= 0.6 is 0 Å². The number of hydrogen-bond donors (Lipinski definition) is 1. The molecule has 0 aromatic rings. The van der Waals surface area contributed by atoms with Crippen molar-refractivity contribution in [3.63, 3.8) is 0 Å². The van der Waals surface area contributed by atoms with Crippen LogP contribution < -0.4 is 0 Å². The summed E-state index contributed by atoms with van der Waals surface area (Å²) in [6, 6.07) is 0. The Kier molecular flexibility index (Phi) is 5.51. The molecule has 0 aliphatic rings. The Morgan fingerprint density at radius 3 is 2.33 bits per heavy atom. The smallest absolute Gasteiger partial charge is 0.0598 e. The molecule has 0 bridgehead atoms. The van der Waals surface area contributed by atoms with Crippen LogP contribution in [0.25, 0.3) is 0 Å². The summed E-state index contributed by atoms with van der Waals surface area (Å²) in [5, 5.41) is 8.76. The zero-order valence-corrected chi connectivity index (χ0v) is 8.76. The highest BCUT2D eigenvalue weighted by atomic mass is 16.5. The van der Waals surface area contributed by atoms with E-state index in [4.69, 9.17) is 9.84 Å². The van der Waals surface area contributed by atoms with E-state index >= 15 is 0 Å². The van der Waals surface area contributed by atoms with Crippen LogP contribution in [0.1, 0.15) is 40.0 Å². The molecule has 0 rings (SSSR count). The molecule has 0 aromatic heterocycles. The van der Waals surface area contributed by atoms with Crippen molar-refractivity contribution >= 4 is 0 Å². The van der Waals surface area contributed by atoms with Gasteiger partial charge in [0.25, 0.3) is 0 Å². The third kappa shape index (κ3) is 4.73. The second-order valence-corrected chi connectivity index (χ2v) is 4.09. The molecule has 0 fully saturated rings. The predicted molar refractivity (Wildman–Crippen MR) is 51.2 cm³/mol. The van der Waals surface area contributed by atoms with Crippen molar-refractivity contribution in [2.24, 2.45) is 5.41 Å². The minimum atomic E-state index is 0.213. The molecule has 1 N–H and O–H groups in total. The van der Waals surface area contributed by atoms with Gasteiger partial charge in [-0.25, -0.2) is 0 Å². The monoisotopic (exact) mass is 174 g/mol. The fourth-order valence-corrected chi connectivity index (χ4v) is 1.21. The number of rotatable bonds is 6. The number of methoxy groups -OCH3 is 1. The average Bonchev–Trinajstić information content (AvgIpc) is 2.03. The molecule has 2 nitrogen and oxygen atoms in total. The van der Waals surface area contributed by atoms with Crippen molar-refractivity contribution in [3.05, 3.63) is 0 Å². The zero-order chi connectivity index (χ0) is 9.61. The maximum Gasteiger partial charge on any atom is 0.0598 e. The fraction of sp³-hybridized carbons (Fsp3) is 1.00. The molecule has 0 amide bonds. The molecule has 0 heterocycles. The van der Waals surface area contributed by atoms with Gasteiger partial charge in [-0.1, -0.05) is 27.2 Å². The highest BCUT2D eigenvalue weighted by molar-refractivity contribution is 4.72. The maximum atomic E-state index is 8.76. The summed E-state index contributed by atoms with van der Waals surface area (Å²) in [4.78, 5) is 0. The first-order valence-corrected chi connectivity index (χ1v) is 4.69. The Bertz CT molecular complexity index is 110. The lowest BCUT2D eigenvalue weighted by molar-refractivity contribution is 0.0414. The van der Waals surface area contributed by atoms with E-state index in [1.54, 1.807) is 7.11 Å². The van der Waals surface area contributed by atoms with Gasteiger partial charge in [0.1, 0.15) is 0 Å². The largest absolute Gasteiger partial charge is 0.396 e. The van der Waals surface area contributed by atoms with Gasteiger partial charge in [0.15, 0.2) is 0 Å². The van der Waals surface area contributed by atoms with Gasteiger partial charge in [-0.3, -0.25) is 0 Å². The number of aliphatic hydroxyl groups is 1. The average molecular weight is 174 g/mol. The van der Waals surface area contributed by atoms with Crippen LogP contribution in [0.15, 0.2) is 0 Å². The van der Waals surface area contributed by atoms with E-state index in [1.165, 1.54) is 0 Å². The molecule has 0 aromatic carbocycles. The quantitative estimate of drug-likeness (QED) is 0.669. The van der Waals surface area contributed by atoms with Crippen molar-refractivity contribution in [1.82, 2.24) is 0 Å². The van der Waals surface area contributed by atoms with Crippen molar-refractivity contribution in [3.8, 4) is 0 Å². The molecule has 0 spiro atoms. The molecule has 12 heavy (non-hydrogen) atoms. The summed E-state index contributed by atoms with van der Waals surface area (Å²) < 4.78 is 5.27. The zero-order valence-electron chi connectivity index (χ0n) is 8.76. The lowest BCUT2D eigenvalue weighted by atomic mass is 9.83. The van der Waals surface area contributed by atoms with Crippen LogP contribution in [0.3, 0.4) is 0 Å². The molecular weight excluding hydrogens is 152 g/mol. The van der Waals surface area contributed by atoms with Gasteiger partial charge in [0.05, 0.1) is 6.10 Å². The summed E-state index contributed by atoms with van der Waals surface area (Å²) in [5.74, 6) is 0. The maximum absolute atomic E-state index is 8.76. The first-order valence-electron chi connectivity index (χ1n) is 4.69. The van der Waals surface area contributed by atoms with E-state index in [0.29, 0.717) is 5.41 Å². The molecule has 0 aliphatic carbocycles. The van der Waals surface area contributed by atoms with E-state index in [0.717, 1.165) is 19.3 Å². The third-order valence-electron chi connectivity index (χ3n) is 2.52. The first kappa shape index (κ1) is 11.9. The third-order valence-corrected chi connectivity index (χ3v) is 2.52. The molecule has 0 saturated heterocycles. The lowest BCUT2D eigenvalue weighted by Crippen LogP contribution is -2.22. The van der Waals surface area contributed by atoms with Crippen molar-refractivity contribution in [1.29, 1.82) is 0 Å². The van der Waals surface area contributed by atoms with Crippen LogP contribution in [0.4, 0.5) is 0 Å². The van der Waals surface area contributed by atoms with E-state index in [1.807, 2.05) is 0 Å². The van der Waals surface area contributed by atoms with E-state index in [9.17, 15) is 0 Å². The Labute approximate surface area is 75.9 Å². The Morgan fingerprint density at radius 2 is 2.00 bits per heavy atom. The van der Waals surface area contributed by atoms with Gasteiger partial charge in [0, 0.05) is 13.7 Å². The molecule has 0 aliphatic heterocycles. The van der Waals surface area contributed by atoms with Gasteiger partial charge in [-0.05, 0) is 18.3 Å². The van der Waals surface area contributed by atoms with Gasteiger partial charge < -0.3 is 9.84 Å². The van der Waals surface area contributed by atoms with Gasteiger partial charge >= 0.3 is 0 Å². The predicted octanol–water partition coefficient (Wildman–Crippen LogP) is 2.21. The van der Waals surface area contributed by atoms with Crippen LogP contribution in [0, 0.1) is 5.41 Å². The second-order valence-electron chi connectivity index (χ2n) is 4.09. The van der Waals surface area contributed by atoms with E-state index in [-0.39, 0.29) is 12.7 Å². The van der Waals surface area contributed by atoms with Crippen molar-refractivity contribution in [2.75, 3.05) is 13.7 Å². The normalized spacial score (nSPS) is 14.8. The summed E-state index contributed by atoms with van der Waals surface area (Å²) >= 11 is 0. The van der Waals surface area contributed by atoms with E-state index in [2.05, 4.69) is 20.8 Å². The Hall–Kier alpha value is -0.0800. The van der Waals surface area contributed by atoms with Gasteiger partial charge in [-0.2, -0.15) is 0 Å². The van der Waals surface area contributed by atoms with Crippen LogP contribution in [0.5, 0.6) is 0 Å². The van der Waals surface area contributed by atoms with E-state index < -0.39 is 0 Å². The first-order chi connectivity index (χ1) is 5.55. The van der Waals surface area contributed by atoms with Gasteiger partial charge in [0.2, 0.25) is 0 Å². The summed E-state index contributed by atoms with van der Waals surface area (Å²) in [7, 11) is 1.71. The molecule has 0 saturated carbocycles. The highest BCUT2D eigenvalue weighted by Gasteiger charge is 2.20. The standard InChI is InChI=1S/C10H22O2/c1-5-10(2,3)8-9(12-4)6-7-11/h9,11H,5-8H2,1-4H3. The number of ether oxygens (including phenoxy) is 1. The Morgan fingerprint density at radius 1 is 1.42 bits per heavy atom. The topological polar surface area (TPSA) is 29.5 Å². The SMILES string of the molecule is CCC(C)(C)CC(CCO)OC. The number of aliphatic hydroxyl groups excluding tert-OH is 1. The fourth-order valence-electron chi connectivity index (χ4n) is 1.21. The van der Waals surface area contributed by atoms with Crippen molar-refractivity contribution in [2.45, 2.75) is 46.1 Å².